The Hall–Kier alpha value is -4.65. The maximum atomic E-state index is 13.2. The van der Waals surface area contributed by atoms with Crippen LogP contribution in [0.3, 0.4) is 0 Å². The summed E-state index contributed by atoms with van der Waals surface area (Å²) in [5.41, 5.74) is 5.42. The van der Waals surface area contributed by atoms with Crippen LogP contribution in [0.5, 0.6) is 0 Å². The Kier molecular flexibility index (Phi) is 6.83. The van der Waals surface area contributed by atoms with E-state index in [1.54, 1.807) is 10.9 Å². The van der Waals surface area contributed by atoms with Gasteiger partial charge in [0, 0.05) is 34.1 Å². The number of pyridine rings is 1. The van der Waals surface area contributed by atoms with Gasteiger partial charge in [-0.05, 0) is 43.3 Å². The highest BCUT2D eigenvalue weighted by Gasteiger charge is 2.22. The van der Waals surface area contributed by atoms with Crippen molar-refractivity contribution in [2.45, 2.75) is 39.7 Å². The third-order valence-electron chi connectivity index (χ3n) is 6.36. The van der Waals surface area contributed by atoms with Gasteiger partial charge in [-0.2, -0.15) is 5.10 Å². The molecule has 5 aromatic rings. The van der Waals surface area contributed by atoms with E-state index in [1.165, 1.54) is 0 Å². The number of carbonyl (C=O) groups excluding carboxylic acids is 1. The van der Waals surface area contributed by atoms with Crippen LogP contribution in [0.2, 0.25) is 0 Å². The van der Waals surface area contributed by atoms with Gasteiger partial charge in [-0.3, -0.25) is 10.3 Å². The molecule has 7 heteroatoms. The first kappa shape index (κ1) is 25.0. The predicted octanol–water partition coefficient (Wildman–Crippen LogP) is 7.28. The number of rotatable bonds is 6. The fraction of sp³-hybridized carbons (Fsp3) is 0.194. The molecule has 0 aliphatic carbocycles. The Bertz CT molecular complexity index is 1570. The van der Waals surface area contributed by atoms with Crippen LogP contribution in [0.15, 0.2) is 91.1 Å². The van der Waals surface area contributed by atoms with Crippen LogP contribution in [0.1, 0.15) is 37.7 Å². The fourth-order valence-corrected chi connectivity index (χ4v) is 4.24. The average molecular weight is 505 g/mol. The molecule has 0 atom stereocenters. The average Bonchev–Trinajstić information content (AvgIpc) is 3.33. The van der Waals surface area contributed by atoms with Crippen LogP contribution in [-0.2, 0) is 12.0 Å². The van der Waals surface area contributed by atoms with Gasteiger partial charge in [-0.15, -0.1) is 0 Å². The molecule has 0 bridgehead atoms. The van der Waals surface area contributed by atoms with Crippen molar-refractivity contribution < 1.29 is 4.79 Å². The summed E-state index contributed by atoms with van der Waals surface area (Å²) < 4.78 is 1.78. The maximum absolute atomic E-state index is 13.2. The topological polar surface area (TPSA) is 83.9 Å². The lowest BCUT2D eigenvalue weighted by atomic mass is 9.92. The number of nitrogens with one attached hydrogen (secondary N) is 3. The van der Waals surface area contributed by atoms with Crippen molar-refractivity contribution in [1.82, 2.24) is 14.8 Å². The summed E-state index contributed by atoms with van der Waals surface area (Å²) in [6.45, 7) is 8.97. The van der Waals surface area contributed by atoms with Crippen molar-refractivity contribution in [2.75, 3.05) is 16.0 Å². The van der Waals surface area contributed by atoms with Crippen LogP contribution in [0.25, 0.3) is 16.5 Å². The minimum Gasteiger partial charge on any atom is -0.379 e. The molecule has 0 aliphatic heterocycles. The molecular weight excluding hydrogens is 472 g/mol. The molecular formula is C31H32N6O. The van der Waals surface area contributed by atoms with Crippen LogP contribution in [0.4, 0.5) is 22.0 Å². The normalized spacial score (nSPS) is 11.4. The number of hydrogen-bond acceptors (Lipinski definition) is 4. The number of benzene rings is 3. The lowest BCUT2D eigenvalue weighted by Crippen LogP contribution is -2.21. The highest BCUT2D eigenvalue weighted by atomic mass is 16.2. The lowest BCUT2D eigenvalue weighted by Gasteiger charge is -2.15. The van der Waals surface area contributed by atoms with Crippen LogP contribution >= 0.6 is 0 Å². The first-order valence-corrected chi connectivity index (χ1v) is 12.7. The van der Waals surface area contributed by atoms with Crippen LogP contribution < -0.4 is 16.0 Å². The van der Waals surface area contributed by atoms with E-state index in [-0.39, 0.29) is 11.4 Å². The molecule has 0 unspecified atom stereocenters. The number of nitrogens with zero attached hydrogens (tertiary/aromatic N) is 3. The standard InChI is InChI=1S/C31H32N6O/c1-21-12-14-23(15-13-21)37-29(19-28(36-37)31(2,3)4)35-30(38)34-27-17-16-26(24-10-5-6-11-25(24)27)33-20-22-9-7-8-18-32-22/h5-19,33H,20H2,1-4H3,(H2,34,35,38). The molecule has 2 amide bonds. The number of aromatic nitrogens is 3. The Labute approximate surface area is 222 Å². The summed E-state index contributed by atoms with van der Waals surface area (Å²) in [6, 6.07) is 27.4. The fourth-order valence-electron chi connectivity index (χ4n) is 4.24. The van der Waals surface area contributed by atoms with Gasteiger partial charge in [0.05, 0.1) is 29.3 Å². The third kappa shape index (κ3) is 5.52. The molecule has 0 spiro atoms. The molecule has 192 valence electrons. The summed E-state index contributed by atoms with van der Waals surface area (Å²) in [5, 5.41) is 16.3. The molecule has 3 N–H and O–H groups in total. The monoisotopic (exact) mass is 504 g/mol. The largest absolute Gasteiger partial charge is 0.379 e. The zero-order chi connectivity index (χ0) is 26.7. The number of urea groups is 1. The quantitative estimate of drug-likeness (QED) is 0.227. The van der Waals surface area contributed by atoms with E-state index in [0.717, 1.165) is 44.8 Å². The summed E-state index contributed by atoms with van der Waals surface area (Å²) in [5.74, 6) is 0.606. The highest BCUT2D eigenvalue weighted by Crippen LogP contribution is 2.31. The second kappa shape index (κ2) is 10.4. The van der Waals surface area contributed by atoms with Crippen LogP contribution in [-0.4, -0.2) is 20.8 Å². The molecule has 0 saturated carbocycles. The predicted molar refractivity (Wildman–Crippen MR) is 155 cm³/mol. The van der Waals surface area contributed by atoms with Gasteiger partial charge in [0.15, 0.2) is 0 Å². The first-order valence-electron chi connectivity index (χ1n) is 12.7. The van der Waals surface area contributed by atoms with Crippen molar-refractivity contribution in [3.63, 3.8) is 0 Å². The summed E-state index contributed by atoms with van der Waals surface area (Å²) in [6.07, 6.45) is 1.79. The second-order valence-corrected chi connectivity index (χ2v) is 10.4. The van der Waals surface area contributed by atoms with E-state index in [9.17, 15) is 4.79 Å². The molecule has 0 radical (unpaired) electrons. The molecule has 38 heavy (non-hydrogen) atoms. The zero-order valence-electron chi connectivity index (χ0n) is 22.1. The number of aryl methyl sites for hydroxylation is 1. The van der Waals surface area contributed by atoms with Gasteiger partial charge >= 0.3 is 6.03 Å². The highest BCUT2D eigenvalue weighted by molar-refractivity contribution is 6.09. The van der Waals surface area contributed by atoms with Crippen molar-refractivity contribution in [1.29, 1.82) is 0 Å². The second-order valence-electron chi connectivity index (χ2n) is 10.4. The Morgan fingerprint density at radius 3 is 2.21 bits per heavy atom. The van der Waals surface area contributed by atoms with Crippen molar-refractivity contribution in [3.05, 3.63) is 108 Å². The van der Waals surface area contributed by atoms with E-state index in [4.69, 9.17) is 5.10 Å². The molecule has 0 saturated heterocycles. The molecule has 5 rings (SSSR count). The Balaban J connectivity index is 1.39. The molecule has 0 fully saturated rings. The van der Waals surface area contributed by atoms with Gasteiger partial charge in [0.1, 0.15) is 5.82 Å². The number of hydrogen-bond donors (Lipinski definition) is 3. The van der Waals surface area contributed by atoms with Gasteiger partial charge in [-0.25, -0.2) is 9.48 Å². The van der Waals surface area contributed by atoms with Gasteiger partial charge in [0.25, 0.3) is 0 Å². The van der Waals surface area contributed by atoms with Crippen LogP contribution in [0, 0.1) is 6.92 Å². The van der Waals surface area contributed by atoms with E-state index in [1.807, 2.05) is 91.9 Å². The molecule has 3 aromatic carbocycles. The maximum Gasteiger partial charge on any atom is 0.324 e. The van der Waals surface area contributed by atoms with E-state index >= 15 is 0 Å². The smallest absolute Gasteiger partial charge is 0.324 e. The third-order valence-corrected chi connectivity index (χ3v) is 6.36. The molecule has 0 aliphatic rings. The van der Waals surface area contributed by atoms with Gasteiger partial charge < -0.3 is 10.6 Å². The molecule has 2 heterocycles. The molecule has 2 aromatic heterocycles. The van der Waals surface area contributed by atoms with Crippen molar-refractivity contribution in [2.24, 2.45) is 0 Å². The number of anilines is 3. The van der Waals surface area contributed by atoms with E-state index in [2.05, 4.69) is 41.7 Å². The van der Waals surface area contributed by atoms with Gasteiger partial charge in [0.2, 0.25) is 0 Å². The van der Waals surface area contributed by atoms with Crippen molar-refractivity contribution >= 4 is 34.0 Å². The minimum absolute atomic E-state index is 0.169. The Morgan fingerprint density at radius 2 is 1.53 bits per heavy atom. The lowest BCUT2D eigenvalue weighted by molar-refractivity contribution is 0.262. The summed E-state index contributed by atoms with van der Waals surface area (Å²) >= 11 is 0. The number of fused-ring (bicyclic) bond motifs is 1. The zero-order valence-corrected chi connectivity index (χ0v) is 22.1. The van der Waals surface area contributed by atoms with E-state index < -0.39 is 0 Å². The van der Waals surface area contributed by atoms with Crippen molar-refractivity contribution in [3.8, 4) is 5.69 Å². The summed E-state index contributed by atoms with van der Waals surface area (Å²) in [4.78, 5) is 17.6. The van der Waals surface area contributed by atoms with E-state index in [0.29, 0.717) is 12.4 Å². The first-order chi connectivity index (χ1) is 18.3. The minimum atomic E-state index is -0.335. The summed E-state index contributed by atoms with van der Waals surface area (Å²) in [7, 11) is 0. The molecule has 7 nitrogen and oxygen atoms in total. The number of amides is 2. The number of carbonyl (C=O) groups is 1. The SMILES string of the molecule is Cc1ccc(-n2nc(C(C)(C)C)cc2NC(=O)Nc2ccc(NCc3ccccn3)c3ccccc23)cc1. The van der Waals surface area contributed by atoms with Gasteiger partial charge in [-0.1, -0.05) is 68.8 Å². The Morgan fingerprint density at radius 1 is 0.842 bits per heavy atom.